The van der Waals surface area contributed by atoms with Crippen molar-refractivity contribution in [3.05, 3.63) is 54.0 Å². The lowest BCUT2D eigenvalue weighted by atomic mass is 9.87. The molecule has 4 heterocycles. The zero-order chi connectivity index (χ0) is 14.2. The van der Waals surface area contributed by atoms with E-state index in [9.17, 15) is 0 Å². The van der Waals surface area contributed by atoms with E-state index in [1.54, 1.807) is 0 Å². The molecule has 4 nitrogen and oxygen atoms in total. The van der Waals surface area contributed by atoms with Crippen molar-refractivity contribution in [2.75, 3.05) is 18.0 Å². The lowest BCUT2D eigenvalue weighted by molar-refractivity contribution is -0.00869. The topological polar surface area (TPSA) is 32.3 Å². The molecule has 4 heteroatoms. The fourth-order valence-electron chi connectivity index (χ4n) is 3.55. The summed E-state index contributed by atoms with van der Waals surface area (Å²) in [7, 11) is 0. The summed E-state index contributed by atoms with van der Waals surface area (Å²) in [5, 5.41) is 0. The first-order valence-electron chi connectivity index (χ1n) is 7.64. The molecule has 0 N–H and O–H groups in total. The highest BCUT2D eigenvalue weighted by Crippen LogP contribution is 2.35. The molecule has 1 aromatic carbocycles. The Morgan fingerprint density at radius 2 is 1.86 bits per heavy atom. The maximum Gasteiger partial charge on any atom is 0.132 e. The molecule has 2 aromatic rings. The van der Waals surface area contributed by atoms with Crippen LogP contribution in [0, 0.1) is 6.92 Å². The van der Waals surface area contributed by atoms with Gasteiger partial charge >= 0.3 is 0 Å². The second-order valence-corrected chi connectivity index (χ2v) is 6.07. The molecule has 2 unspecified atom stereocenters. The monoisotopic (exact) mass is 280 g/mol. The van der Waals surface area contributed by atoms with Gasteiger partial charge in [-0.3, -0.25) is 4.90 Å². The van der Waals surface area contributed by atoms with Crippen molar-refractivity contribution in [3.63, 3.8) is 0 Å². The zero-order valence-electron chi connectivity index (χ0n) is 12.3. The minimum atomic E-state index is 0.666. The largest absolute Gasteiger partial charge is 0.353 e. The van der Waals surface area contributed by atoms with Crippen molar-refractivity contribution in [2.45, 2.75) is 32.0 Å². The number of anilines is 1. The van der Waals surface area contributed by atoms with Crippen molar-refractivity contribution < 1.29 is 0 Å². The molecule has 1 aromatic heterocycles. The van der Waals surface area contributed by atoms with E-state index in [1.165, 1.54) is 12.0 Å². The maximum absolute atomic E-state index is 4.56. The molecule has 2 bridgehead atoms. The second-order valence-electron chi connectivity index (χ2n) is 6.07. The number of piperidine rings is 1. The highest BCUT2D eigenvalue weighted by molar-refractivity contribution is 5.40. The van der Waals surface area contributed by atoms with Crippen LogP contribution in [-0.4, -0.2) is 40.0 Å². The summed E-state index contributed by atoms with van der Waals surface area (Å²) in [5.41, 5.74) is 1.42. The number of nitrogens with zero attached hydrogens (tertiary/aromatic N) is 4. The van der Waals surface area contributed by atoms with Crippen LogP contribution in [0.5, 0.6) is 0 Å². The molecular weight excluding hydrogens is 260 g/mol. The molecule has 5 rings (SSSR count). The van der Waals surface area contributed by atoms with E-state index >= 15 is 0 Å². The van der Waals surface area contributed by atoms with E-state index in [-0.39, 0.29) is 0 Å². The Morgan fingerprint density at radius 3 is 2.57 bits per heavy atom. The quantitative estimate of drug-likeness (QED) is 0.863. The predicted molar refractivity (Wildman–Crippen MR) is 83.2 cm³/mol. The van der Waals surface area contributed by atoms with Gasteiger partial charge < -0.3 is 4.90 Å². The minimum Gasteiger partial charge on any atom is -0.353 e. The fourth-order valence-corrected chi connectivity index (χ4v) is 3.55. The summed E-state index contributed by atoms with van der Waals surface area (Å²) in [6.07, 6.45) is 3.19. The fraction of sp³-hybridized carbons (Fsp3) is 0.412. The van der Waals surface area contributed by atoms with Gasteiger partial charge in [0.15, 0.2) is 0 Å². The molecule has 0 spiro atoms. The van der Waals surface area contributed by atoms with Gasteiger partial charge in [-0.2, -0.15) is 0 Å². The average Bonchev–Trinajstić information content (AvgIpc) is 2.54. The van der Waals surface area contributed by atoms with Crippen LogP contribution in [0.1, 0.15) is 17.8 Å². The summed E-state index contributed by atoms with van der Waals surface area (Å²) in [4.78, 5) is 13.8. The number of aryl methyl sites for hydroxylation is 1. The summed E-state index contributed by atoms with van der Waals surface area (Å²) in [6.45, 7) is 5.20. The average molecular weight is 280 g/mol. The molecule has 3 fully saturated rings. The van der Waals surface area contributed by atoms with Gasteiger partial charge in [0.25, 0.3) is 0 Å². The third kappa shape index (κ3) is 2.40. The molecule has 3 saturated heterocycles. The SMILES string of the molecule is Cc1nccc(N2CC3CC(C2)N3Cc2ccccc2)n1. The van der Waals surface area contributed by atoms with Gasteiger partial charge in [0.1, 0.15) is 11.6 Å². The Bertz CT molecular complexity index is 616. The molecule has 21 heavy (non-hydrogen) atoms. The number of rotatable bonds is 3. The van der Waals surface area contributed by atoms with Crippen LogP contribution in [0.2, 0.25) is 0 Å². The van der Waals surface area contributed by atoms with E-state index < -0.39 is 0 Å². The van der Waals surface area contributed by atoms with Crippen LogP contribution in [0.3, 0.4) is 0 Å². The molecule has 108 valence electrons. The lowest BCUT2D eigenvalue weighted by Gasteiger charge is -2.56. The molecule has 3 aliphatic rings. The maximum atomic E-state index is 4.56. The van der Waals surface area contributed by atoms with Crippen LogP contribution < -0.4 is 4.90 Å². The molecule has 0 aliphatic carbocycles. The normalized spacial score (nSPS) is 24.7. The van der Waals surface area contributed by atoms with Gasteiger partial charge in [0.05, 0.1) is 0 Å². The summed E-state index contributed by atoms with van der Waals surface area (Å²) in [5.74, 6) is 1.93. The molecular formula is C17H20N4. The first-order chi connectivity index (χ1) is 10.3. The second kappa shape index (κ2) is 5.11. The van der Waals surface area contributed by atoms with E-state index in [0.717, 1.165) is 31.3 Å². The number of hydrogen-bond donors (Lipinski definition) is 0. The lowest BCUT2D eigenvalue weighted by Crippen LogP contribution is -2.68. The van der Waals surface area contributed by atoms with Crippen LogP contribution in [0.4, 0.5) is 5.82 Å². The third-order valence-corrected chi connectivity index (χ3v) is 4.64. The Kier molecular flexibility index (Phi) is 3.11. The van der Waals surface area contributed by atoms with E-state index in [2.05, 4.69) is 50.1 Å². The van der Waals surface area contributed by atoms with Crippen molar-refractivity contribution >= 4 is 5.82 Å². The Balaban J connectivity index is 1.44. The minimum absolute atomic E-state index is 0.666. The van der Waals surface area contributed by atoms with Crippen LogP contribution in [-0.2, 0) is 6.54 Å². The molecule has 0 amide bonds. The number of hydrogen-bond acceptors (Lipinski definition) is 4. The number of fused-ring (bicyclic) bond motifs is 2. The van der Waals surface area contributed by atoms with Gasteiger partial charge in [0, 0.05) is 37.9 Å². The molecule has 0 saturated carbocycles. The smallest absolute Gasteiger partial charge is 0.132 e. The summed E-state index contributed by atoms with van der Waals surface area (Å²) < 4.78 is 0. The Labute approximate surface area is 125 Å². The van der Waals surface area contributed by atoms with E-state index in [0.29, 0.717) is 12.1 Å². The standard InChI is InChI=1S/C17H20N4/c1-13-18-8-7-17(19-13)20-11-15-9-16(12-20)21(15)10-14-5-3-2-4-6-14/h2-8,15-16H,9-12H2,1H3. The third-order valence-electron chi connectivity index (χ3n) is 4.64. The first-order valence-corrected chi connectivity index (χ1v) is 7.64. The highest BCUT2D eigenvalue weighted by atomic mass is 15.4. The van der Waals surface area contributed by atoms with E-state index in [1.807, 2.05) is 19.2 Å². The highest BCUT2D eigenvalue weighted by Gasteiger charge is 2.44. The van der Waals surface area contributed by atoms with E-state index in [4.69, 9.17) is 0 Å². The van der Waals surface area contributed by atoms with Crippen LogP contribution >= 0.6 is 0 Å². The Hall–Kier alpha value is -1.94. The van der Waals surface area contributed by atoms with Crippen LogP contribution in [0.25, 0.3) is 0 Å². The van der Waals surface area contributed by atoms with Crippen molar-refractivity contribution in [1.29, 1.82) is 0 Å². The van der Waals surface area contributed by atoms with Crippen LogP contribution in [0.15, 0.2) is 42.6 Å². The Morgan fingerprint density at radius 1 is 1.10 bits per heavy atom. The molecule has 0 radical (unpaired) electrons. The molecule has 3 aliphatic heterocycles. The van der Waals surface area contributed by atoms with Gasteiger partial charge in [0.2, 0.25) is 0 Å². The number of aromatic nitrogens is 2. The van der Waals surface area contributed by atoms with Crippen molar-refractivity contribution in [1.82, 2.24) is 14.9 Å². The molecule has 2 atom stereocenters. The van der Waals surface area contributed by atoms with Gasteiger partial charge in [-0.05, 0) is 25.0 Å². The summed E-state index contributed by atoms with van der Waals surface area (Å²) in [6, 6.07) is 14.1. The summed E-state index contributed by atoms with van der Waals surface area (Å²) >= 11 is 0. The van der Waals surface area contributed by atoms with Gasteiger partial charge in [-0.1, -0.05) is 30.3 Å². The van der Waals surface area contributed by atoms with Gasteiger partial charge in [-0.15, -0.1) is 0 Å². The first kappa shape index (κ1) is 12.8. The van der Waals surface area contributed by atoms with Crippen molar-refractivity contribution in [3.8, 4) is 0 Å². The number of piperazine rings is 1. The number of benzene rings is 1. The van der Waals surface area contributed by atoms with Gasteiger partial charge in [-0.25, -0.2) is 9.97 Å². The predicted octanol–water partition coefficient (Wildman–Crippen LogP) is 2.25. The van der Waals surface area contributed by atoms with Crippen molar-refractivity contribution in [2.24, 2.45) is 0 Å². The zero-order valence-corrected chi connectivity index (χ0v) is 12.3.